The van der Waals surface area contributed by atoms with E-state index in [1.54, 1.807) is 0 Å². The van der Waals surface area contributed by atoms with E-state index in [0.29, 0.717) is 5.92 Å². The molecular weight excluding hydrogens is 280 g/mol. The first kappa shape index (κ1) is 14.7. The number of rotatable bonds is 2. The number of aliphatic hydroxyl groups excluding tert-OH is 1. The average molecular weight is 304 g/mol. The minimum absolute atomic E-state index is 0.0971. The third-order valence-electron chi connectivity index (χ3n) is 6.26. The van der Waals surface area contributed by atoms with Gasteiger partial charge in [0.15, 0.2) is 0 Å². The normalized spacial score (nSPS) is 21.7. The molecule has 0 spiro atoms. The summed E-state index contributed by atoms with van der Waals surface area (Å²) < 4.78 is 0. The first-order valence-electron chi connectivity index (χ1n) is 8.61. The molecule has 1 heteroatoms. The Morgan fingerprint density at radius 1 is 1.00 bits per heavy atom. The lowest BCUT2D eigenvalue weighted by molar-refractivity contribution is 0.171. The molecule has 23 heavy (non-hydrogen) atoms. The molecule has 0 bridgehead atoms. The van der Waals surface area contributed by atoms with Crippen molar-refractivity contribution in [2.24, 2.45) is 5.92 Å². The van der Waals surface area contributed by atoms with Crippen LogP contribution in [0.1, 0.15) is 37.0 Å². The highest BCUT2D eigenvalue weighted by molar-refractivity contribution is 6.09. The van der Waals surface area contributed by atoms with Gasteiger partial charge in [0.25, 0.3) is 0 Å². The van der Waals surface area contributed by atoms with Crippen molar-refractivity contribution in [1.82, 2.24) is 0 Å². The van der Waals surface area contributed by atoms with Crippen molar-refractivity contribution < 1.29 is 5.11 Å². The molecule has 0 saturated carbocycles. The maximum Gasteiger partial charge on any atom is 0.0465 e. The summed E-state index contributed by atoms with van der Waals surface area (Å²) in [6.45, 7) is 6.92. The quantitative estimate of drug-likeness (QED) is 0.650. The fraction of sp³-hybridized carbons (Fsp3) is 0.364. The molecule has 0 radical (unpaired) electrons. The Balaban J connectivity index is 2.02. The van der Waals surface area contributed by atoms with Crippen molar-refractivity contribution in [3.8, 4) is 0 Å². The van der Waals surface area contributed by atoms with Gasteiger partial charge in [-0.3, -0.25) is 0 Å². The standard InChI is InChI=1S/C22H24O/c1-14-5-4-6-17-16(14)7-8-19-18(17)9-10-21-20(19)11-12-22(21,3)15(2)13-23/h4-10,15,23H,11-13H2,1-3H3/t15-,22+/m1/s1. The molecule has 0 amide bonds. The van der Waals surface area contributed by atoms with Gasteiger partial charge in [-0.15, -0.1) is 0 Å². The first-order chi connectivity index (χ1) is 11.1. The second-order valence-corrected chi connectivity index (χ2v) is 7.42. The van der Waals surface area contributed by atoms with Crippen LogP contribution in [0.15, 0.2) is 42.5 Å². The summed E-state index contributed by atoms with van der Waals surface area (Å²) in [4.78, 5) is 0. The van der Waals surface area contributed by atoms with Gasteiger partial charge in [0.1, 0.15) is 0 Å². The van der Waals surface area contributed by atoms with Gasteiger partial charge >= 0.3 is 0 Å². The number of benzene rings is 3. The SMILES string of the molecule is Cc1cccc2c1ccc1c3c(ccc12)[C@](C)([C@H](C)CO)CC3. The lowest BCUT2D eigenvalue weighted by atomic mass is 9.73. The number of aryl methyl sites for hydroxylation is 2. The second-order valence-electron chi connectivity index (χ2n) is 7.42. The molecule has 118 valence electrons. The van der Waals surface area contributed by atoms with Gasteiger partial charge in [-0.05, 0) is 69.3 Å². The van der Waals surface area contributed by atoms with E-state index in [9.17, 15) is 5.11 Å². The van der Waals surface area contributed by atoms with Crippen LogP contribution in [0.4, 0.5) is 0 Å². The minimum Gasteiger partial charge on any atom is -0.396 e. The molecule has 0 aromatic heterocycles. The number of fused-ring (bicyclic) bond motifs is 5. The van der Waals surface area contributed by atoms with Crippen molar-refractivity contribution in [2.75, 3.05) is 6.61 Å². The Labute approximate surface area is 138 Å². The minimum atomic E-state index is 0.0971. The lowest BCUT2D eigenvalue weighted by Gasteiger charge is -2.31. The van der Waals surface area contributed by atoms with Crippen LogP contribution in [-0.2, 0) is 11.8 Å². The molecule has 0 fully saturated rings. The maximum atomic E-state index is 9.67. The Morgan fingerprint density at radius 2 is 1.70 bits per heavy atom. The average Bonchev–Trinajstić information content (AvgIpc) is 2.93. The highest BCUT2D eigenvalue weighted by atomic mass is 16.3. The van der Waals surface area contributed by atoms with Gasteiger partial charge < -0.3 is 5.11 Å². The number of hydrogen-bond donors (Lipinski definition) is 1. The molecule has 4 rings (SSSR count). The fourth-order valence-electron chi connectivity index (χ4n) is 4.43. The van der Waals surface area contributed by atoms with Crippen LogP contribution in [-0.4, -0.2) is 11.7 Å². The monoisotopic (exact) mass is 304 g/mol. The van der Waals surface area contributed by atoms with Crippen LogP contribution in [0.3, 0.4) is 0 Å². The van der Waals surface area contributed by atoms with Gasteiger partial charge in [-0.1, -0.05) is 56.3 Å². The van der Waals surface area contributed by atoms with E-state index >= 15 is 0 Å². The summed E-state index contributed by atoms with van der Waals surface area (Å²) in [6.07, 6.45) is 2.25. The van der Waals surface area contributed by atoms with Gasteiger partial charge in [-0.25, -0.2) is 0 Å². The lowest BCUT2D eigenvalue weighted by Crippen LogP contribution is -2.30. The summed E-state index contributed by atoms with van der Waals surface area (Å²) >= 11 is 0. The zero-order valence-electron chi connectivity index (χ0n) is 14.2. The van der Waals surface area contributed by atoms with Crippen molar-refractivity contribution in [1.29, 1.82) is 0 Å². The molecule has 3 aromatic rings. The third kappa shape index (κ3) is 1.96. The van der Waals surface area contributed by atoms with Crippen molar-refractivity contribution in [2.45, 2.75) is 39.0 Å². The van der Waals surface area contributed by atoms with E-state index < -0.39 is 0 Å². The van der Waals surface area contributed by atoms with E-state index in [0.717, 1.165) is 12.8 Å². The Hall–Kier alpha value is -1.86. The largest absolute Gasteiger partial charge is 0.396 e. The zero-order valence-corrected chi connectivity index (χ0v) is 14.2. The summed E-state index contributed by atoms with van der Waals surface area (Å²) in [5.41, 5.74) is 4.37. The smallest absolute Gasteiger partial charge is 0.0465 e. The van der Waals surface area contributed by atoms with Gasteiger partial charge in [0, 0.05) is 6.61 Å². The summed E-state index contributed by atoms with van der Waals surface area (Å²) in [7, 11) is 0. The van der Waals surface area contributed by atoms with Crippen LogP contribution < -0.4 is 0 Å². The van der Waals surface area contributed by atoms with Crippen molar-refractivity contribution >= 4 is 21.5 Å². The Kier molecular flexibility index (Phi) is 3.24. The number of hydrogen-bond acceptors (Lipinski definition) is 1. The van der Waals surface area contributed by atoms with Gasteiger partial charge in [-0.2, -0.15) is 0 Å². The molecule has 0 unspecified atom stereocenters. The molecule has 0 saturated heterocycles. The van der Waals surface area contributed by atoms with E-state index in [4.69, 9.17) is 0 Å². The van der Waals surface area contributed by atoms with Crippen LogP contribution >= 0.6 is 0 Å². The topological polar surface area (TPSA) is 20.2 Å². The molecule has 0 aliphatic heterocycles. The molecule has 1 aliphatic carbocycles. The van der Waals surface area contributed by atoms with E-state index in [1.807, 2.05) is 0 Å². The maximum absolute atomic E-state index is 9.67. The summed E-state index contributed by atoms with van der Waals surface area (Å²) in [5, 5.41) is 15.1. The van der Waals surface area contributed by atoms with Gasteiger partial charge in [0.2, 0.25) is 0 Å². The molecule has 1 aliphatic rings. The highest BCUT2D eigenvalue weighted by Gasteiger charge is 2.39. The summed E-state index contributed by atoms with van der Waals surface area (Å²) in [6, 6.07) is 15.8. The molecule has 3 aromatic carbocycles. The van der Waals surface area contributed by atoms with E-state index in [1.165, 1.54) is 38.2 Å². The molecule has 2 atom stereocenters. The van der Waals surface area contributed by atoms with Crippen molar-refractivity contribution in [3.63, 3.8) is 0 Å². The number of aliphatic hydroxyl groups is 1. The summed E-state index contributed by atoms with van der Waals surface area (Å²) in [5.74, 6) is 0.295. The predicted octanol–water partition coefficient (Wildman–Crippen LogP) is 5.13. The van der Waals surface area contributed by atoms with Crippen LogP contribution in [0.2, 0.25) is 0 Å². The molecular formula is C22H24O. The molecule has 0 heterocycles. The zero-order chi connectivity index (χ0) is 16.2. The van der Waals surface area contributed by atoms with E-state index in [-0.39, 0.29) is 12.0 Å². The fourth-order valence-corrected chi connectivity index (χ4v) is 4.43. The Bertz CT molecular complexity index is 909. The highest BCUT2D eigenvalue weighted by Crippen LogP contribution is 2.47. The first-order valence-corrected chi connectivity index (χ1v) is 8.61. The van der Waals surface area contributed by atoms with Crippen LogP contribution in [0.5, 0.6) is 0 Å². The van der Waals surface area contributed by atoms with Crippen LogP contribution in [0.25, 0.3) is 21.5 Å². The molecule has 1 N–H and O–H groups in total. The third-order valence-corrected chi connectivity index (χ3v) is 6.26. The van der Waals surface area contributed by atoms with Gasteiger partial charge in [0.05, 0.1) is 0 Å². The predicted molar refractivity (Wildman–Crippen MR) is 98.1 cm³/mol. The van der Waals surface area contributed by atoms with E-state index in [2.05, 4.69) is 63.2 Å². The Morgan fingerprint density at radius 3 is 2.48 bits per heavy atom. The van der Waals surface area contributed by atoms with Crippen LogP contribution in [0, 0.1) is 12.8 Å². The molecule has 1 nitrogen and oxygen atoms in total. The second kappa shape index (κ2) is 5.07. The van der Waals surface area contributed by atoms with Crippen molar-refractivity contribution in [3.05, 3.63) is 59.2 Å².